The average Bonchev–Trinajstić information content (AvgIpc) is 2.92. The highest BCUT2D eigenvalue weighted by Gasteiger charge is 2.19. The summed E-state index contributed by atoms with van der Waals surface area (Å²) in [5.41, 5.74) is 1.15. The summed E-state index contributed by atoms with van der Waals surface area (Å²) in [7, 11) is -3.65. The number of rotatable bonds is 6. The van der Waals surface area contributed by atoms with Crippen LogP contribution >= 0.6 is 0 Å². The molecule has 7 nitrogen and oxygen atoms in total. The lowest BCUT2D eigenvalue weighted by atomic mass is 10.3. The Bertz CT molecular complexity index is 695. The predicted octanol–water partition coefficient (Wildman–Crippen LogP) is 0.830. The van der Waals surface area contributed by atoms with E-state index in [0.29, 0.717) is 11.4 Å². The van der Waals surface area contributed by atoms with Crippen LogP contribution in [0.25, 0.3) is 0 Å². The van der Waals surface area contributed by atoms with Gasteiger partial charge in [-0.3, -0.25) is 0 Å². The molecule has 0 radical (unpaired) electrons. The van der Waals surface area contributed by atoms with Crippen molar-refractivity contribution in [1.29, 1.82) is 0 Å². The maximum Gasteiger partial charge on any atom is 0.242 e. The van der Waals surface area contributed by atoms with Gasteiger partial charge in [0, 0.05) is 24.1 Å². The lowest BCUT2D eigenvalue weighted by Crippen LogP contribution is -2.23. The van der Waals surface area contributed by atoms with Crippen molar-refractivity contribution in [2.75, 3.05) is 0 Å². The first kappa shape index (κ1) is 15.6. The van der Waals surface area contributed by atoms with E-state index in [-0.39, 0.29) is 24.1 Å². The summed E-state index contributed by atoms with van der Waals surface area (Å²) in [6.07, 6.45) is 4.44. The third kappa shape index (κ3) is 3.66. The Kier molecular flexibility index (Phi) is 4.71. The largest absolute Gasteiger partial charge is 0.390 e. The van der Waals surface area contributed by atoms with Crippen molar-refractivity contribution in [3.8, 4) is 0 Å². The lowest BCUT2D eigenvalue weighted by molar-refractivity contribution is 0.268. The van der Waals surface area contributed by atoms with Gasteiger partial charge in [-0.05, 0) is 26.0 Å². The molecule has 0 aliphatic heterocycles. The van der Waals surface area contributed by atoms with Gasteiger partial charge in [0.05, 0.1) is 23.7 Å². The Morgan fingerprint density at radius 2 is 2.19 bits per heavy atom. The maximum absolute atomic E-state index is 12.3. The van der Waals surface area contributed by atoms with E-state index >= 15 is 0 Å². The SMILES string of the molecule is CC(C)n1cc(S(=O)(=O)NCc2ccncn2)cc1CO. The number of aliphatic hydroxyl groups excluding tert-OH is 1. The van der Waals surface area contributed by atoms with E-state index in [2.05, 4.69) is 14.7 Å². The quantitative estimate of drug-likeness (QED) is 0.823. The van der Waals surface area contributed by atoms with E-state index in [4.69, 9.17) is 0 Å². The molecular formula is C13H18N4O3S. The molecule has 0 aliphatic carbocycles. The predicted molar refractivity (Wildman–Crippen MR) is 76.8 cm³/mol. The number of aliphatic hydroxyl groups is 1. The normalized spacial score (nSPS) is 12.0. The van der Waals surface area contributed by atoms with Gasteiger partial charge >= 0.3 is 0 Å². The zero-order chi connectivity index (χ0) is 15.5. The van der Waals surface area contributed by atoms with Crippen molar-refractivity contribution < 1.29 is 13.5 Å². The molecule has 0 aliphatic rings. The Morgan fingerprint density at radius 1 is 1.43 bits per heavy atom. The summed E-state index contributed by atoms with van der Waals surface area (Å²) in [6, 6.07) is 3.18. The minimum Gasteiger partial charge on any atom is -0.390 e. The van der Waals surface area contributed by atoms with Crippen LogP contribution in [0.3, 0.4) is 0 Å². The van der Waals surface area contributed by atoms with Crippen LogP contribution in [0.5, 0.6) is 0 Å². The molecule has 0 aromatic carbocycles. The third-order valence-electron chi connectivity index (χ3n) is 3.02. The van der Waals surface area contributed by atoms with Gasteiger partial charge in [-0.15, -0.1) is 0 Å². The molecule has 0 spiro atoms. The molecule has 0 fully saturated rings. The van der Waals surface area contributed by atoms with Gasteiger partial charge in [-0.1, -0.05) is 0 Å². The van der Waals surface area contributed by atoms with Gasteiger partial charge in [0.2, 0.25) is 10.0 Å². The number of aromatic nitrogens is 3. The lowest BCUT2D eigenvalue weighted by Gasteiger charge is -2.10. The smallest absolute Gasteiger partial charge is 0.242 e. The van der Waals surface area contributed by atoms with Gasteiger partial charge in [0.1, 0.15) is 6.33 Å². The summed E-state index contributed by atoms with van der Waals surface area (Å²) in [6.45, 7) is 3.72. The van der Waals surface area contributed by atoms with Crippen molar-refractivity contribution in [1.82, 2.24) is 19.3 Å². The van der Waals surface area contributed by atoms with E-state index in [9.17, 15) is 13.5 Å². The molecule has 0 saturated carbocycles. The molecule has 0 atom stereocenters. The molecular weight excluding hydrogens is 292 g/mol. The van der Waals surface area contributed by atoms with Crippen molar-refractivity contribution in [3.05, 3.63) is 42.2 Å². The first-order chi connectivity index (χ1) is 9.94. The van der Waals surface area contributed by atoms with Crippen LogP contribution in [0.4, 0.5) is 0 Å². The molecule has 2 N–H and O–H groups in total. The van der Waals surface area contributed by atoms with Crippen molar-refractivity contribution >= 4 is 10.0 Å². The average molecular weight is 310 g/mol. The van der Waals surface area contributed by atoms with Crippen LogP contribution in [-0.4, -0.2) is 28.1 Å². The van der Waals surface area contributed by atoms with E-state index < -0.39 is 10.0 Å². The van der Waals surface area contributed by atoms with Gasteiger partial charge in [-0.25, -0.2) is 23.1 Å². The number of sulfonamides is 1. The molecule has 2 heterocycles. The zero-order valence-corrected chi connectivity index (χ0v) is 12.7. The molecule has 0 saturated heterocycles. The molecule has 0 bridgehead atoms. The highest BCUT2D eigenvalue weighted by atomic mass is 32.2. The number of hydrogen-bond acceptors (Lipinski definition) is 5. The molecule has 2 aromatic heterocycles. The molecule has 2 aromatic rings. The van der Waals surface area contributed by atoms with Crippen molar-refractivity contribution in [2.24, 2.45) is 0 Å². The van der Waals surface area contributed by atoms with E-state index in [1.54, 1.807) is 16.8 Å². The monoisotopic (exact) mass is 310 g/mol. The van der Waals surface area contributed by atoms with Crippen LogP contribution in [0.2, 0.25) is 0 Å². The van der Waals surface area contributed by atoms with Gasteiger partial charge in [0.15, 0.2) is 0 Å². The Labute approximate surface area is 123 Å². The second-order valence-electron chi connectivity index (χ2n) is 4.85. The minimum atomic E-state index is -3.65. The van der Waals surface area contributed by atoms with E-state index in [1.165, 1.54) is 18.6 Å². The zero-order valence-electron chi connectivity index (χ0n) is 11.9. The molecule has 21 heavy (non-hydrogen) atoms. The summed E-state index contributed by atoms with van der Waals surface area (Å²) in [5.74, 6) is 0. The fourth-order valence-corrected chi connectivity index (χ4v) is 2.97. The van der Waals surface area contributed by atoms with Crippen molar-refractivity contribution in [2.45, 2.75) is 37.9 Å². The van der Waals surface area contributed by atoms with Crippen LogP contribution in [-0.2, 0) is 23.2 Å². The third-order valence-corrected chi connectivity index (χ3v) is 4.39. The highest BCUT2D eigenvalue weighted by Crippen LogP contribution is 2.19. The molecule has 8 heteroatoms. The first-order valence-electron chi connectivity index (χ1n) is 6.50. The number of hydrogen-bond donors (Lipinski definition) is 2. The number of nitrogens with zero attached hydrogens (tertiary/aromatic N) is 3. The summed E-state index contributed by atoms with van der Waals surface area (Å²) in [4.78, 5) is 7.87. The van der Waals surface area contributed by atoms with Gasteiger partial charge in [-0.2, -0.15) is 0 Å². The maximum atomic E-state index is 12.3. The number of nitrogens with one attached hydrogen (secondary N) is 1. The summed E-state index contributed by atoms with van der Waals surface area (Å²) >= 11 is 0. The summed E-state index contributed by atoms with van der Waals surface area (Å²) < 4.78 is 28.7. The molecule has 0 unspecified atom stereocenters. The van der Waals surface area contributed by atoms with Crippen LogP contribution in [0, 0.1) is 0 Å². The van der Waals surface area contributed by atoms with Crippen LogP contribution in [0.15, 0.2) is 35.7 Å². The Morgan fingerprint density at radius 3 is 2.71 bits per heavy atom. The first-order valence-corrected chi connectivity index (χ1v) is 7.98. The fraction of sp³-hybridized carbons (Fsp3) is 0.385. The summed E-state index contributed by atoms with van der Waals surface area (Å²) in [5, 5.41) is 9.30. The Balaban J connectivity index is 2.20. The highest BCUT2D eigenvalue weighted by molar-refractivity contribution is 7.89. The molecule has 0 amide bonds. The topological polar surface area (TPSA) is 97.1 Å². The van der Waals surface area contributed by atoms with Crippen molar-refractivity contribution in [3.63, 3.8) is 0 Å². The van der Waals surface area contributed by atoms with E-state index in [0.717, 1.165) is 0 Å². The van der Waals surface area contributed by atoms with Gasteiger partial charge < -0.3 is 9.67 Å². The van der Waals surface area contributed by atoms with E-state index in [1.807, 2.05) is 13.8 Å². The van der Waals surface area contributed by atoms with Gasteiger partial charge in [0.25, 0.3) is 0 Å². The fourth-order valence-electron chi connectivity index (χ4n) is 1.93. The van der Waals surface area contributed by atoms with Crippen LogP contribution < -0.4 is 4.72 Å². The minimum absolute atomic E-state index is 0.0676. The second kappa shape index (κ2) is 6.33. The Hall–Kier alpha value is -1.77. The second-order valence-corrected chi connectivity index (χ2v) is 6.62. The van der Waals surface area contributed by atoms with Crippen LogP contribution in [0.1, 0.15) is 31.3 Å². The molecule has 114 valence electrons. The standard InChI is InChI=1S/C13H18N4O3S/c1-10(2)17-7-13(5-12(17)8-18)21(19,20)16-6-11-3-4-14-9-15-11/h3-5,7,9-10,16,18H,6,8H2,1-2H3. The molecule has 2 rings (SSSR count).